The summed E-state index contributed by atoms with van der Waals surface area (Å²) in [5.41, 5.74) is 1.93. The van der Waals surface area contributed by atoms with Crippen molar-refractivity contribution in [3.05, 3.63) is 35.4 Å². The molecule has 1 aliphatic heterocycles. The van der Waals surface area contributed by atoms with Gasteiger partial charge < -0.3 is 10.2 Å². The van der Waals surface area contributed by atoms with E-state index in [4.69, 9.17) is 0 Å². The molecule has 1 fully saturated rings. The highest BCUT2D eigenvalue weighted by Crippen LogP contribution is 2.24. The number of carbonyl (C=O) groups is 2. The van der Waals surface area contributed by atoms with Crippen molar-refractivity contribution in [3.63, 3.8) is 0 Å². The molecule has 20 heavy (non-hydrogen) atoms. The molecule has 1 N–H and O–H groups in total. The third kappa shape index (κ3) is 3.18. The quantitative estimate of drug-likeness (QED) is 0.895. The van der Waals surface area contributed by atoms with Crippen LogP contribution in [0.1, 0.15) is 31.9 Å². The lowest BCUT2D eigenvalue weighted by Crippen LogP contribution is -2.61. The van der Waals surface area contributed by atoms with Crippen molar-refractivity contribution in [2.75, 3.05) is 6.54 Å². The van der Waals surface area contributed by atoms with E-state index in [0.29, 0.717) is 6.54 Å². The van der Waals surface area contributed by atoms with Crippen molar-refractivity contribution in [3.8, 4) is 0 Å². The molecule has 0 bridgehead atoms. The Labute approximate surface area is 120 Å². The summed E-state index contributed by atoms with van der Waals surface area (Å²) in [5.74, 6) is -0.0872. The summed E-state index contributed by atoms with van der Waals surface area (Å²) in [6, 6.07) is 7.57. The zero-order chi connectivity index (χ0) is 14.9. The fourth-order valence-electron chi connectivity index (χ4n) is 2.45. The first kappa shape index (κ1) is 14.6. The minimum atomic E-state index is -0.450. The molecule has 1 saturated heterocycles. The van der Waals surface area contributed by atoms with Gasteiger partial charge in [-0.3, -0.25) is 9.59 Å². The summed E-state index contributed by atoms with van der Waals surface area (Å²) in [6.45, 7) is 8.54. The molecule has 4 nitrogen and oxygen atoms in total. The van der Waals surface area contributed by atoms with Crippen LogP contribution in [-0.2, 0) is 16.1 Å². The number of aryl methyl sites for hydroxylation is 1. The largest absolute Gasteiger partial charge is 0.342 e. The Bertz CT molecular complexity index is 532. The van der Waals surface area contributed by atoms with Gasteiger partial charge >= 0.3 is 0 Å². The van der Waals surface area contributed by atoms with Gasteiger partial charge in [-0.15, -0.1) is 0 Å². The van der Waals surface area contributed by atoms with Gasteiger partial charge in [0.1, 0.15) is 6.04 Å². The molecule has 1 heterocycles. The number of benzene rings is 1. The van der Waals surface area contributed by atoms with Crippen molar-refractivity contribution >= 4 is 11.8 Å². The first-order valence-electron chi connectivity index (χ1n) is 6.91. The standard InChI is InChI=1S/C16H22N2O2/c1-11-6-5-7-12(8-11)9-18-10-13(19)17-14(15(18)20)16(2,3)4/h5-8,14H,9-10H2,1-4H3,(H,17,19). The van der Waals surface area contributed by atoms with E-state index < -0.39 is 6.04 Å². The highest BCUT2D eigenvalue weighted by Gasteiger charge is 2.39. The molecule has 2 rings (SSSR count). The maximum atomic E-state index is 12.5. The Morgan fingerprint density at radius 1 is 1.30 bits per heavy atom. The molecular weight excluding hydrogens is 252 g/mol. The van der Waals surface area contributed by atoms with Gasteiger partial charge in [-0.1, -0.05) is 50.6 Å². The second-order valence-electron chi connectivity index (χ2n) is 6.55. The summed E-state index contributed by atoms with van der Waals surface area (Å²) >= 11 is 0. The molecule has 1 aliphatic rings. The monoisotopic (exact) mass is 274 g/mol. The third-order valence-electron chi connectivity index (χ3n) is 3.52. The van der Waals surface area contributed by atoms with Crippen LogP contribution in [0, 0.1) is 12.3 Å². The van der Waals surface area contributed by atoms with Crippen molar-refractivity contribution in [1.29, 1.82) is 0 Å². The van der Waals surface area contributed by atoms with E-state index >= 15 is 0 Å². The van der Waals surface area contributed by atoms with E-state index in [1.807, 2.05) is 52.0 Å². The molecule has 2 amide bonds. The lowest BCUT2D eigenvalue weighted by molar-refractivity contribution is -0.147. The van der Waals surface area contributed by atoms with Crippen molar-refractivity contribution in [1.82, 2.24) is 10.2 Å². The molecule has 1 unspecified atom stereocenters. The molecule has 1 aromatic rings. The first-order valence-corrected chi connectivity index (χ1v) is 6.91. The smallest absolute Gasteiger partial charge is 0.246 e. The summed E-state index contributed by atoms with van der Waals surface area (Å²) < 4.78 is 0. The Kier molecular flexibility index (Phi) is 3.84. The minimum Gasteiger partial charge on any atom is -0.342 e. The molecule has 1 atom stereocenters. The Hall–Kier alpha value is -1.84. The second kappa shape index (κ2) is 5.27. The van der Waals surface area contributed by atoms with Crippen molar-refractivity contribution in [2.24, 2.45) is 5.41 Å². The molecule has 0 aliphatic carbocycles. The van der Waals surface area contributed by atoms with Gasteiger partial charge in [0.05, 0.1) is 6.54 Å². The van der Waals surface area contributed by atoms with Gasteiger partial charge in [0, 0.05) is 6.54 Å². The topological polar surface area (TPSA) is 49.4 Å². The first-order chi connectivity index (χ1) is 9.27. The molecule has 4 heteroatoms. The number of nitrogens with one attached hydrogen (secondary N) is 1. The minimum absolute atomic E-state index is 0.00129. The van der Waals surface area contributed by atoms with E-state index in [1.165, 1.54) is 0 Å². The summed E-state index contributed by atoms with van der Waals surface area (Å²) in [5, 5.41) is 2.80. The predicted octanol–water partition coefficient (Wildman–Crippen LogP) is 1.87. The van der Waals surface area contributed by atoms with Gasteiger partial charge in [-0.05, 0) is 17.9 Å². The van der Waals surface area contributed by atoms with Crippen LogP contribution in [-0.4, -0.2) is 29.3 Å². The van der Waals surface area contributed by atoms with E-state index in [-0.39, 0.29) is 23.8 Å². The number of piperazine rings is 1. The maximum Gasteiger partial charge on any atom is 0.246 e. The average molecular weight is 274 g/mol. The zero-order valence-electron chi connectivity index (χ0n) is 12.6. The second-order valence-corrected chi connectivity index (χ2v) is 6.55. The fourth-order valence-corrected chi connectivity index (χ4v) is 2.45. The zero-order valence-corrected chi connectivity index (χ0v) is 12.6. The van der Waals surface area contributed by atoms with Gasteiger partial charge in [0.15, 0.2) is 0 Å². The number of hydrogen-bond donors (Lipinski definition) is 1. The highest BCUT2D eigenvalue weighted by atomic mass is 16.2. The normalized spacial score (nSPS) is 20.0. The summed E-state index contributed by atoms with van der Waals surface area (Å²) in [7, 11) is 0. The average Bonchev–Trinajstić information content (AvgIpc) is 2.32. The van der Waals surface area contributed by atoms with Crippen molar-refractivity contribution in [2.45, 2.75) is 40.3 Å². The number of amides is 2. The van der Waals surface area contributed by atoms with Gasteiger partial charge in [0.25, 0.3) is 0 Å². The SMILES string of the molecule is Cc1cccc(CN2CC(=O)NC(C(C)(C)C)C2=O)c1. The predicted molar refractivity (Wildman–Crippen MR) is 78.0 cm³/mol. The van der Waals surface area contributed by atoms with Crippen LogP contribution >= 0.6 is 0 Å². The summed E-state index contributed by atoms with van der Waals surface area (Å²) in [6.07, 6.45) is 0. The number of carbonyl (C=O) groups excluding carboxylic acids is 2. The van der Waals surface area contributed by atoms with Crippen LogP contribution in [0.2, 0.25) is 0 Å². The molecule has 0 radical (unpaired) electrons. The molecular formula is C16H22N2O2. The third-order valence-corrected chi connectivity index (χ3v) is 3.52. The molecule has 0 spiro atoms. The van der Waals surface area contributed by atoms with E-state index in [0.717, 1.165) is 11.1 Å². The van der Waals surface area contributed by atoms with Crippen LogP contribution in [0.4, 0.5) is 0 Å². The van der Waals surface area contributed by atoms with Crippen LogP contribution in [0.3, 0.4) is 0 Å². The maximum absolute atomic E-state index is 12.5. The lowest BCUT2D eigenvalue weighted by atomic mass is 9.84. The van der Waals surface area contributed by atoms with E-state index in [9.17, 15) is 9.59 Å². The Balaban J connectivity index is 2.18. The Morgan fingerprint density at radius 2 is 2.00 bits per heavy atom. The fraction of sp³-hybridized carbons (Fsp3) is 0.500. The number of rotatable bonds is 2. The van der Waals surface area contributed by atoms with Crippen LogP contribution < -0.4 is 5.32 Å². The van der Waals surface area contributed by atoms with Gasteiger partial charge in [0.2, 0.25) is 11.8 Å². The Morgan fingerprint density at radius 3 is 2.60 bits per heavy atom. The number of hydrogen-bond acceptors (Lipinski definition) is 2. The van der Waals surface area contributed by atoms with Crippen molar-refractivity contribution < 1.29 is 9.59 Å². The van der Waals surface area contributed by atoms with Gasteiger partial charge in [-0.25, -0.2) is 0 Å². The molecule has 108 valence electrons. The van der Waals surface area contributed by atoms with E-state index in [1.54, 1.807) is 4.90 Å². The van der Waals surface area contributed by atoms with Crippen LogP contribution in [0.5, 0.6) is 0 Å². The van der Waals surface area contributed by atoms with Crippen LogP contribution in [0.15, 0.2) is 24.3 Å². The molecule has 0 saturated carbocycles. The molecule has 0 aromatic heterocycles. The molecule has 1 aromatic carbocycles. The highest BCUT2D eigenvalue weighted by molar-refractivity contribution is 5.95. The van der Waals surface area contributed by atoms with Crippen LogP contribution in [0.25, 0.3) is 0 Å². The van der Waals surface area contributed by atoms with E-state index in [2.05, 4.69) is 5.32 Å². The summed E-state index contributed by atoms with van der Waals surface area (Å²) in [4.78, 5) is 26.0. The van der Waals surface area contributed by atoms with Gasteiger partial charge in [-0.2, -0.15) is 0 Å². The lowest BCUT2D eigenvalue weighted by Gasteiger charge is -2.39. The number of nitrogens with zero attached hydrogens (tertiary/aromatic N) is 1.